The van der Waals surface area contributed by atoms with E-state index in [9.17, 15) is 29.9 Å². The number of rotatable bonds is 12. The van der Waals surface area contributed by atoms with Gasteiger partial charge in [-0.25, -0.2) is 4.79 Å². The number of nitrogens with zero attached hydrogens (tertiary/aromatic N) is 2. The fourth-order valence-electron chi connectivity index (χ4n) is 7.85. The van der Waals surface area contributed by atoms with Gasteiger partial charge in [0.15, 0.2) is 0 Å². The van der Waals surface area contributed by atoms with Crippen LogP contribution in [0.4, 0.5) is 0 Å². The smallest absolute Gasteiger partial charge is 0.330 e. The Kier molecular flexibility index (Phi) is 10.5. The molecule has 3 N–H and O–H groups in total. The summed E-state index contributed by atoms with van der Waals surface area (Å²) in [5.74, 6) is 1.14. The van der Waals surface area contributed by atoms with Crippen molar-refractivity contribution in [2.75, 3.05) is 20.8 Å². The Bertz CT molecular complexity index is 1960. The Hall–Kier alpha value is -4.56. The highest BCUT2D eigenvalue weighted by atomic mass is 28.3. The number of H-pyrrole nitrogens is 1. The minimum absolute atomic E-state index is 0.181. The van der Waals surface area contributed by atoms with Gasteiger partial charge < -0.3 is 24.4 Å². The lowest BCUT2D eigenvalue weighted by atomic mass is 9.60. The molecule has 0 spiro atoms. The minimum atomic E-state index is -3.17. The number of hydrogen-bond donors (Lipinski definition) is 3. The summed E-state index contributed by atoms with van der Waals surface area (Å²) >= 11 is 0. The molecule has 4 atom stereocenters. The van der Waals surface area contributed by atoms with Gasteiger partial charge in [-0.3, -0.25) is 24.5 Å². The lowest BCUT2D eigenvalue weighted by Gasteiger charge is -2.58. The predicted molar refractivity (Wildman–Crippen MR) is 200 cm³/mol. The number of aliphatic hydroxyl groups is 2. The van der Waals surface area contributed by atoms with Crippen molar-refractivity contribution in [1.29, 1.82) is 0 Å². The number of hydrogen-bond acceptors (Lipinski definition) is 9. The standard InChI is InChI=1S/C39H49N3O9Si/c1-26-25-41(35(45)40-33(26)43)32-24-38(46,52(7,8)36(2,3)4)37(51-32,22-23-42(47)48)34(44)39(27-12-10-9-11-13-27,28-14-18-30(49-5)19-15-28)29-16-20-31(50-6)21-17-29/h9-21,25,32,34,44,46H,22-24H2,1-8H3,(H,40,43,45)/t32-,34?,37-,38-/m1/s1. The molecule has 0 bridgehead atoms. The summed E-state index contributed by atoms with van der Waals surface area (Å²) in [5.41, 5.74) is -2.88. The molecule has 1 aliphatic rings. The first kappa shape index (κ1) is 38.7. The van der Waals surface area contributed by atoms with E-state index in [1.165, 1.54) is 10.8 Å². The molecular weight excluding hydrogens is 683 g/mol. The van der Waals surface area contributed by atoms with Crippen molar-refractivity contribution >= 4 is 8.07 Å². The Balaban J connectivity index is 1.95. The molecule has 0 radical (unpaired) electrons. The lowest BCUT2D eigenvalue weighted by molar-refractivity contribution is -0.485. The molecule has 4 aromatic rings. The summed E-state index contributed by atoms with van der Waals surface area (Å²) in [6, 6.07) is 23.7. The second kappa shape index (κ2) is 14.1. The zero-order chi connectivity index (χ0) is 38.3. The zero-order valence-electron chi connectivity index (χ0n) is 31.0. The molecule has 5 rings (SSSR count). The van der Waals surface area contributed by atoms with Crippen LogP contribution in [0.3, 0.4) is 0 Å². The van der Waals surface area contributed by atoms with E-state index in [-0.39, 0.29) is 12.0 Å². The van der Waals surface area contributed by atoms with Crippen LogP contribution in [-0.4, -0.2) is 70.5 Å². The van der Waals surface area contributed by atoms with Crippen molar-refractivity contribution in [3.63, 3.8) is 0 Å². The Morgan fingerprint density at radius 3 is 1.92 bits per heavy atom. The summed E-state index contributed by atoms with van der Waals surface area (Å²) in [5, 5.41) is 37.3. The fourth-order valence-corrected chi connectivity index (χ4v) is 11.2. The van der Waals surface area contributed by atoms with E-state index in [0.717, 1.165) is 0 Å². The third kappa shape index (κ3) is 6.19. The molecule has 1 saturated heterocycles. The molecular formula is C39H49N3O9Si. The van der Waals surface area contributed by atoms with Gasteiger partial charge in [-0.05, 0) is 52.9 Å². The predicted octanol–water partition coefficient (Wildman–Crippen LogP) is 5.36. The van der Waals surface area contributed by atoms with Gasteiger partial charge in [-0.2, -0.15) is 0 Å². The highest BCUT2D eigenvalue weighted by Gasteiger charge is 2.74. The van der Waals surface area contributed by atoms with Crippen molar-refractivity contribution in [2.24, 2.45) is 0 Å². The normalized spacial score (nSPS) is 21.5. The Morgan fingerprint density at radius 1 is 0.962 bits per heavy atom. The number of aromatic nitrogens is 2. The second-order valence-electron chi connectivity index (χ2n) is 15.2. The van der Waals surface area contributed by atoms with E-state index >= 15 is 0 Å². The van der Waals surface area contributed by atoms with E-state index in [1.807, 2.05) is 88.5 Å². The van der Waals surface area contributed by atoms with Gasteiger partial charge in [0.25, 0.3) is 5.56 Å². The van der Waals surface area contributed by atoms with Crippen LogP contribution in [-0.2, 0) is 10.2 Å². The Labute approximate surface area is 304 Å². The molecule has 12 nitrogen and oxygen atoms in total. The highest BCUT2D eigenvalue weighted by molar-refractivity contribution is 6.83. The SMILES string of the molecule is COc1ccc(C(c2ccccc2)(c2ccc(OC)cc2)C(O)[C@@]2(CC[N+](=O)[O-])O[C@@H](n3cc(C)c(=O)[nH]c3=O)C[C@@]2(O)[Si](C)(C)C(C)(C)C)cc1. The van der Waals surface area contributed by atoms with Gasteiger partial charge in [0.2, 0.25) is 6.54 Å². The van der Waals surface area contributed by atoms with E-state index in [0.29, 0.717) is 28.2 Å². The summed E-state index contributed by atoms with van der Waals surface area (Å²) < 4.78 is 19.2. The number of benzene rings is 3. The van der Waals surface area contributed by atoms with Crippen LogP contribution in [0.1, 0.15) is 62.1 Å². The van der Waals surface area contributed by atoms with Gasteiger partial charge in [-0.15, -0.1) is 0 Å². The van der Waals surface area contributed by atoms with Crippen LogP contribution >= 0.6 is 0 Å². The lowest BCUT2D eigenvalue weighted by Crippen LogP contribution is -2.75. The van der Waals surface area contributed by atoms with Crippen LogP contribution < -0.4 is 20.7 Å². The summed E-state index contributed by atoms with van der Waals surface area (Å²) in [7, 11) is -0.0688. The highest BCUT2D eigenvalue weighted by Crippen LogP contribution is 2.61. The van der Waals surface area contributed by atoms with Gasteiger partial charge in [0.05, 0.1) is 32.9 Å². The van der Waals surface area contributed by atoms with Gasteiger partial charge >= 0.3 is 5.69 Å². The Morgan fingerprint density at radius 2 is 1.46 bits per heavy atom. The monoisotopic (exact) mass is 731 g/mol. The maximum Gasteiger partial charge on any atom is 0.330 e. The first-order chi connectivity index (χ1) is 24.4. The average Bonchev–Trinajstić information content (AvgIpc) is 3.43. The molecule has 1 aliphatic heterocycles. The quantitative estimate of drug-likeness (QED) is 0.0753. The van der Waals surface area contributed by atoms with Gasteiger partial charge in [-0.1, -0.05) is 88.5 Å². The third-order valence-corrected chi connectivity index (χ3v) is 18.2. The molecule has 0 saturated carbocycles. The van der Waals surface area contributed by atoms with Crippen molar-refractivity contribution in [3.8, 4) is 11.5 Å². The van der Waals surface area contributed by atoms with E-state index in [2.05, 4.69) is 4.98 Å². The van der Waals surface area contributed by atoms with Crippen molar-refractivity contribution in [1.82, 2.24) is 9.55 Å². The zero-order valence-corrected chi connectivity index (χ0v) is 32.0. The average molecular weight is 732 g/mol. The third-order valence-electron chi connectivity index (χ3n) is 11.7. The molecule has 0 aliphatic carbocycles. The molecule has 52 heavy (non-hydrogen) atoms. The summed E-state index contributed by atoms with van der Waals surface area (Å²) in [6.07, 6.45) is -2.14. The summed E-state index contributed by atoms with van der Waals surface area (Å²) in [4.78, 5) is 40.1. The van der Waals surface area contributed by atoms with E-state index in [4.69, 9.17) is 14.2 Å². The molecule has 2 heterocycles. The van der Waals surface area contributed by atoms with Crippen LogP contribution in [0.2, 0.25) is 18.1 Å². The van der Waals surface area contributed by atoms with Gasteiger partial charge in [0.1, 0.15) is 29.4 Å². The molecule has 1 aromatic heterocycles. The minimum Gasteiger partial charge on any atom is -0.497 e. The number of aromatic amines is 1. The molecule has 278 valence electrons. The van der Waals surface area contributed by atoms with Crippen LogP contribution in [0.25, 0.3) is 0 Å². The van der Waals surface area contributed by atoms with Crippen molar-refractivity contribution in [2.45, 2.75) is 87.2 Å². The van der Waals surface area contributed by atoms with Gasteiger partial charge in [0, 0.05) is 29.5 Å². The fraction of sp³-hybridized carbons (Fsp3) is 0.436. The first-order valence-electron chi connectivity index (χ1n) is 17.3. The number of nitro groups is 1. The number of aliphatic hydroxyl groups excluding tert-OH is 1. The van der Waals surface area contributed by atoms with Crippen LogP contribution in [0, 0.1) is 17.0 Å². The maximum absolute atomic E-state index is 13.7. The molecule has 3 aromatic carbocycles. The topological polar surface area (TPSA) is 166 Å². The van der Waals surface area contributed by atoms with Crippen molar-refractivity contribution in [3.05, 3.63) is 138 Å². The van der Waals surface area contributed by atoms with E-state index < -0.39 is 70.8 Å². The van der Waals surface area contributed by atoms with Crippen LogP contribution in [0.15, 0.2) is 94.6 Å². The van der Waals surface area contributed by atoms with Crippen molar-refractivity contribution < 1.29 is 29.3 Å². The number of ether oxygens (including phenoxy) is 3. The van der Waals surface area contributed by atoms with E-state index in [1.54, 1.807) is 45.4 Å². The van der Waals surface area contributed by atoms with Crippen LogP contribution in [0.5, 0.6) is 11.5 Å². The molecule has 1 unspecified atom stereocenters. The number of aryl methyl sites for hydroxylation is 1. The summed E-state index contributed by atoms with van der Waals surface area (Å²) in [6.45, 7) is 10.9. The largest absolute Gasteiger partial charge is 0.497 e. The maximum atomic E-state index is 13.7. The number of nitrogens with one attached hydrogen (secondary N) is 1. The first-order valence-corrected chi connectivity index (χ1v) is 20.3. The molecule has 13 heteroatoms. The molecule has 0 amide bonds. The number of methoxy groups -OCH3 is 2. The molecule has 1 fully saturated rings. The second-order valence-corrected chi connectivity index (χ2v) is 20.8.